The van der Waals surface area contributed by atoms with Crippen molar-refractivity contribution in [2.24, 2.45) is 0 Å². The fraction of sp³-hybridized carbons (Fsp3) is 0.167. The van der Waals surface area contributed by atoms with Crippen molar-refractivity contribution >= 4 is 40.0 Å². The molecule has 0 spiro atoms. The number of Topliss-reactive ketones (excluding diaryl/α,β-unsaturated/α-hetero) is 1. The normalized spacial score (nSPS) is 10.5. The summed E-state index contributed by atoms with van der Waals surface area (Å²) in [6, 6.07) is 14.0. The summed E-state index contributed by atoms with van der Waals surface area (Å²) in [5, 5.41) is 1.74. The summed E-state index contributed by atoms with van der Waals surface area (Å²) in [4.78, 5) is 29.4. The maximum Gasteiger partial charge on any atom is 0.262 e. The van der Waals surface area contributed by atoms with Crippen molar-refractivity contribution in [3.63, 3.8) is 0 Å². The Hall–Kier alpha value is -1.63. The first-order valence-corrected chi connectivity index (χ1v) is 8.87. The number of benzene rings is 2. The molecule has 0 N–H and O–H groups in total. The third-order valence-corrected chi connectivity index (χ3v) is 4.87. The summed E-state index contributed by atoms with van der Waals surface area (Å²) >= 11 is 7.11. The van der Waals surface area contributed by atoms with Crippen LogP contribution in [0.2, 0.25) is 5.02 Å². The molecule has 1 aromatic heterocycles. The highest BCUT2D eigenvalue weighted by Crippen LogP contribution is 2.19. The Bertz CT molecular complexity index is 957. The number of carbonyl (C=O) groups is 1. The Morgan fingerprint density at radius 1 is 1.16 bits per heavy atom. The van der Waals surface area contributed by atoms with Gasteiger partial charge in [0, 0.05) is 17.1 Å². The maximum absolute atomic E-state index is 12.5. The minimum Gasteiger partial charge on any atom is -1.00 e. The highest BCUT2D eigenvalue weighted by atomic mass is 79.9. The quantitative estimate of drug-likeness (QED) is 0.339. The Morgan fingerprint density at radius 2 is 1.84 bits per heavy atom. The fourth-order valence-electron chi connectivity index (χ4n) is 2.39. The molecule has 0 aliphatic heterocycles. The van der Waals surface area contributed by atoms with Crippen molar-refractivity contribution < 1.29 is 21.8 Å². The van der Waals surface area contributed by atoms with Gasteiger partial charge in [0.2, 0.25) is 0 Å². The van der Waals surface area contributed by atoms with Gasteiger partial charge in [-0.2, -0.15) is 0 Å². The topological polar surface area (TPSA) is 52.0 Å². The van der Waals surface area contributed by atoms with Gasteiger partial charge in [-0.15, -0.1) is 0 Å². The van der Waals surface area contributed by atoms with Crippen molar-refractivity contribution in [1.82, 2.24) is 9.55 Å². The van der Waals surface area contributed by atoms with E-state index in [1.165, 1.54) is 11.8 Å². The lowest BCUT2D eigenvalue weighted by atomic mass is 10.1. The van der Waals surface area contributed by atoms with E-state index in [9.17, 15) is 9.59 Å². The lowest BCUT2D eigenvalue weighted by molar-refractivity contribution is -0.0000125. The number of aromatic nitrogens is 2. The largest absolute Gasteiger partial charge is 1.00 e. The molecule has 1 heterocycles. The van der Waals surface area contributed by atoms with E-state index < -0.39 is 0 Å². The van der Waals surface area contributed by atoms with E-state index in [0.29, 0.717) is 33.2 Å². The van der Waals surface area contributed by atoms with Crippen LogP contribution in [0.5, 0.6) is 0 Å². The van der Waals surface area contributed by atoms with E-state index in [-0.39, 0.29) is 34.1 Å². The summed E-state index contributed by atoms with van der Waals surface area (Å²) in [7, 11) is 0. The highest BCUT2D eigenvalue weighted by Gasteiger charge is 2.13. The number of halogens is 2. The van der Waals surface area contributed by atoms with E-state index >= 15 is 0 Å². The smallest absolute Gasteiger partial charge is 0.262 e. The van der Waals surface area contributed by atoms with Gasteiger partial charge in [0.1, 0.15) is 0 Å². The van der Waals surface area contributed by atoms with Crippen molar-refractivity contribution in [2.45, 2.75) is 18.6 Å². The zero-order valence-corrected chi connectivity index (χ0v) is 16.6. The van der Waals surface area contributed by atoms with Crippen LogP contribution in [0.4, 0.5) is 0 Å². The molecule has 25 heavy (non-hydrogen) atoms. The third-order valence-electron chi connectivity index (χ3n) is 3.64. The number of thioether (sulfide) groups is 1. The summed E-state index contributed by atoms with van der Waals surface area (Å²) in [5.74, 6) is 0.189. The molecule has 3 aromatic rings. The Balaban J connectivity index is 0.00000225. The molecule has 0 saturated heterocycles. The Kier molecular flexibility index (Phi) is 6.81. The first-order valence-electron chi connectivity index (χ1n) is 7.51. The van der Waals surface area contributed by atoms with Crippen LogP contribution in [-0.4, -0.2) is 21.1 Å². The predicted octanol–water partition coefficient (Wildman–Crippen LogP) is 1.05. The molecule has 4 nitrogen and oxygen atoms in total. The summed E-state index contributed by atoms with van der Waals surface area (Å²) in [5.41, 5.74) is 1.16. The first-order chi connectivity index (χ1) is 11.6. The van der Waals surface area contributed by atoms with Crippen LogP contribution in [0.1, 0.15) is 17.3 Å². The van der Waals surface area contributed by atoms with Crippen molar-refractivity contribution in [2.75, 3.05) is 5.75 Å². The van der Waals surface area contributed by atoms with Crippen LogP contribution < -0.4 is 22.5 Å². The molecular weight excluding hydrogens is 424 g/mol. The van der Waals surface area contributed by atoms with E-state index in [0.717, 1.165) is 0 Å². The summed E-state index contributed by atoms with van der Waals surface area (Å²) in [6.45, 7) is 2.40. The second-order valence-corrected chi connectivity index (χ2v) is 6.56. The van der Waals surface area contributed by atoms with Crippen molar-refractivity contribution in [3.8, 4) is 0 Å². The number of rotatable bonds is 5. The van der Waals surface area contributed by atoms with E-state index in [1.807, 2.05) is 25.1 Å². The second kappa shape index (κ2) is 8.65. The molecule has 0 fully saturated rings. The SMILES string of the molecule is CCn1c(SCC(=O)c2ccc(Cl)cc2)nc2ccccc2c1=O.[Br-]. The molecule has 3 rings (SSSR count). The average molecular weight is 439 g/mol. The lowest BCUT2D eigenvalue weighted by Gasteiger charge is -2.10. The molecule has 2 aromatic carbocycles. The molecule has 0 unspecified atom stereocenters. The zero-order chi connectivity index (χ0) is 17.1. The number of nitrogens with zero attached hydrogens (tertiary/aromatic N) is 2. The minimum atomic E-state index is -0.0791. The van der Waals surface area contributed by atoms with E-state index in [2.05, 4.69) is 4.98 Å². The molecule has 0 aliphatic carbocycles. The van der Waals surface area contributed by atoms with E-state index in [1.54, 1.807) is 34.9 Å². The Labute approximate surface area is 165 Å². The maximum atomic E-state index is 12.5. The molecule has 0 aliphatic rings. The van der Waals surface area contributed by atoms with Gasteiger partial charge in [-0.3, -0.25) is 14.2 Å². The molecule has 0 amide bonds. The van der Waals surface area contributed by atoms with Crippen molar-refractivity contribution in [1.29, 1.82) is 0 Å². The van der Waals surface area contributed by atoms with E-state index in [4.69, 9.17) is 11.6 Å². The van der Waals surface area contributed by atoms with Gasteiger partial charge in [0.05, 0.1) is 16.7 Å². The number of carbonyl (C=O) groups excluding carboxylic acids is 1. The molecule has 130 valence electrons. The average Bonchev–Trinajstić information content (AvgIpc) is 2.60. The number of ketones is 1. The predicted molar refractivity (Wildman–Crippen MR) is 98.2 cm³/mol. The molecular formula is C18H15BrClN2O2S-. The minimum absolute atomic E-state index is 0. The van der Waals surface area contributed by atoms with Gasteiger partial charge < -0.3 is 17.0 Å². The number of hydrogen-bond acceptors (Lipinski definition) is 4. The summed E-state index contributed by atoms with van der Waals surface area (Å²) in [6.07, 6.45) is 0. The number of fused-ring (bicyclic) bond motifs is 1. The molecule has 0 radical (unpaired) electrons. The van der Waals surface area contributed by atoms with Gasteiger partial charge in [-0.25, -0.2) is 4.98 Å². The fourth-order valence-corrected chi connectivity index (χ4v) is 3.47. The second-order valence-electron chi connectivity index (χ2n) is 5.18. The molecule has 0 bridgehead atoms. The van der Waals surface area contributed by atoms with Crippen LogP contribution in [-0.2, 0) is 6.54 Å². The number of hydrogen-bond donors (Lipinski definition) is 0. The van der Waals surface area contributed by atoms with Gasteiger partial charge in [-0.1, -0.05) is 35.5 Å². The standard InChI is InChI=1S/C18H15ClN2O2S.BrH/c1-2-21-17(23)14-5-3-4-6-15(14)20-18(21)24-11-16(22)12-7-9-13(19)10-8-12;/h3-10H,2,11H2,1H3;1H/p-1. The third kappa shape index (κ3) is 4.32. The summed E-state index contributed by atoms with van der Waals surface area (Å²) < 4.78 is 1.60. The highest BCUT2D eigenvalue weighted by molar-refractivity contribution is 7.99. The van der Waals surface area contributed by atoms with Crippen molar-refractivity contribution in [3.05, 3.63) is 69.5 Å². The monoisotopic (exact) mass is 437 g/mol. The van der Waals surface area contributed by atoms with Gasteiger partial charge >= 0.3 is 0 Å². The van der Waals surface area contributed by atoms with Gasteiger partial charge in [-0.05, 0) is 43.3 Å². The number of para-hydroxylation sites is 1. The lowest BCUT2D eigenvalue weighted by Crippen LogP contribution is -3.00. The van der Waals surface area contributed by atoms with Crippen LogP contribution in [0, 0.1) is 0 Å². The van der Waals surface area contributed by atoms with Crippen LogP contribution in [0.25, 0.3) is 10.9 Å². The molecule has 0 saturated carbocycles. The Morgan fingerprint density at radius 3 is 2.52 bits per heavy atom. The van der Waals surface area contributed by atoms with Crippen LogP contribution in [0.15, 0.2) is 58.5 Å². The van der Waals surface area contributed by atoms with Crippen LogP contribution >= 0.6 is 23.4 Å². The van der Waals surface area contributed by atoms with Gasteiger partial charge in [0.15, 0.2) is 10.9 Å². The van der Waals surface area contributed by atoms with Crippen LogP contribution in [0.3, 0.4) is 0 Å². The zero-order valence-electron chi connectivity index (χ0n) is 13.4. The molecule has 0 atom stereocenters. The molecule has 7 heteroatoms. The van der Waals surface area contributed by atoms with Gasteiger partial charge in [0.25, 0.3) is 5.56 Å². The first kappa shape index (κ1) is 19.7.